The third kappa shape index (κ3) is 2.49. The molecule has 2 aromatic rings. The second-order valence-corrected chi connectivity index (χ2v) is 5.75. The molecule has 0 atom stereocenters. The molecule has 3 rings (SSSR count). The summed E-state index contributed by atoms with van der Waals surface area (Å²) >= 11 is 3.42. The molecule has 0 saturated carbocycles. The van der Waals surface area contributed by atoms with Crippen LogP contribution in [0.1, 0.15) is 11.6 Å². The number of halogens is 1. The number of hydrogen-bond acceptors (Lipinski definition) is 3. The summed E-state index contributed by atoms with van der Waals surface area (Å²) in [5.74, 6) is 0. The van der Waals surface area contributed by atoms with Gasteiger partial charge in [0.1, 0.15) is 0 Å². The van der Waals surface area contributed by atoms with Crippen molar-refractivity contribution in [3.8, 4) is 0 Å². The highest BCUT2D eigenvalue weighted by molar-refractivity contribution is 9.10. The number of likely N-dealkylation sites (tertiary alicyclic amines) is 1. The molecule has 1 aliphatic heterocycles. The fourth-order valence-corrected chi connectivity index (χ4v) is 2.54. The summed E-state index contributed by atoms with van der Waals surface area (Å²) in [7, 11) is 0. The summed E-state index contributed by atoms with van der Waals surface area (Å²) in [5.41, 5.74) is 1.22. The number of aromatic nitrogens is 4. The molecule has 0 amide bonds. The van der Waals surface area contributed by atoms with E-state index in [0.717, 1.165) is 30.7 Å². The van der Waals surface area contributed by atoms with Gasteiger partial charge in [0.15, 0.2) is 0 Å². The van der Waals surface area contributed by atoms with Crippen molar-refractivity contribution in [1.82, 2.24) is 24.5 Å². The zero-order chi connectivity index (χ0) is 12.5. The van der Waals surface area contributed by atoms with E-state index in [0.29, 0.717) is 6.04 Å². The Bertz CT molecular complexity index is 523. The lowest BCUT2D eigenvalue weighted by molar-refractivity contribution is 0.0934. The molecule has 18 heavy (non-hydrogen) atoms. The van der Waals surface area contributed by atoms with Gasteiger partial charge >= 0.3 is 0 Å². The van der Waals surface area contributed by atoms with Crippen molar-refractivity contribution in [3.05, 3.63) is 34.8 Å². The summed E-state index contributed by atoms with van der Waals surface area (Å²) in [6.45, 7) is 6.24. The van der Waals surface area contributed by atoms with Crippen molar-refractivity contribution in [3.63, 3.8) is 0 Å². The van der Waals surface area contributed by atoms with E-state index in [2.05, 4.69) is 44.1 Å². The van der Waals surface area contributed by atoms with Gasteiger partial charge in [0.2, 0.25) is 0 Å². The van der Waals surface area contributed by atoms with Crippen molar-refractivity contribution < 1.29 is 0 Å². The highest BCUT2D eigenvalue weighted by Gasteiger charge is 2.28. The quantitative estimate of drug-likeness (QED) is 0.863. The highest BCUT2D eigenvalue weighted by Crippen LogP contribution is 2.21. The van der Waals surface area contributed by atoms with Crippen LogP contribution in [0.4, 0.5) is 0 Å². The molecule has 0 aliphatic carbocycles. The first kappa shape index (κ1) is 11.9. The fraction of sp³-hybridized carbons (Fsp3) is 0.500. The Hall–Kier alpha value is -1.14. The normalized spacial score (nSPS) is 17.0. The van der Waals surface area contributed by atoms with E-state index in [-0.39, 0.29) is 0 Å². The largest absolute Gasteiger partial charge is 0.297 e. The van der Waals surface area contributed by atoms with Crippen LogP contribution in [0.3, 0.4) is 0 Å². The maximum absolute atomic E-state index is 4.32. The van der Waals surface area contributed by atoms with Crippen LogP contribution in [-0.4, -0.2) is 44.1 Å². The van der Waals surface area contributed by atoms with Crippen LogP contribution in [0.2, 0.25) is 0 Å². The topological polar surface area (TPSA) is 38.9 Å². The summed E-state index contributed by atoms with van der Waals surface area (Å²) in [6.07, 6.45) is 7.87. The molecule has 0 N–H and O–H groups in total. The SMILES string of the molecule is Cc1cnn(CCN2CC(n3cc(Br)cn3)C2)c1. The number of nitrogens with zero attached hydrogens (tertiary/aromatic N) is 5. The van der Waals surface area contributed by atoms with Gasteiger partial charge in [0.25, 0.3) is 0 Å². The van der Waals surface area contributed by atoms with Gasteiger partial charge < -0.3 is 0 Å². The fourth-order valence-electron chi connectivity index (χ4n) is 2.24. The monoisotopic (exact) mass is 309 g/mol. The molecule has 5 nitrogen and oxygen atoms in total. The minimum absolute atomic E-state index is 0.524. The molecular weight excluding hydrogens is 294 g/mol. The molecule has 0 bridgehead atoms. The van der Waals surface area contributed by atoms with E-state index in [1.54, 1.807) is 0 Å². The molecule has 0 unspecified atom stereocenters. The Kier molecular flexibility index (Phi) is 3.22. The predicted octanol–water partition coefficient (Wildman–Crippen LogP) is 1.71. The molecule has 1 aliphatic rings. The first-order valence-corrected chi connectivity index (χ1v) is 6.91. The van der Waals surface area contributed by atoms with Crippen LogP contribution >= 0.6 is 15.9 Å². The zero-order valence-electron chi connectivity index (χ0n) is 10.3. The lowest BCUT2D eigenvalue weighted by atomic mass is 10.1. The molecule has 6 heteroatoms. The molecule has 0 aromatic carbocycles. The van der Waals surface area contributed by atoms with Crippen LogP contribution < -0.4 is 0 Å². The van der Waals surface area contributed by atoms with Crippen molar-refractivity contribution in [2.24, 2.45) is 0 Å². The molecule has 1 saturated heterocycles. The number of rotatable bonds is 4. The van der Waals surface area contributed by atoms with E-state index in [9.17, 15) is 0 Å². The molecule has 1 fully saturated rings. The average Bonchev–Trinajstić information content (AvgIpc) is 2.86. The van der Waals surface area contributed by atoms with Crippen molar-refractivity contribution >= 4 is 15.9 Å². The predicted molar refractivity (Wildman–Crippen MR) is 72.4 cm³/mol. The van der Waals surface area contributed by atoms with Gasteiger partial charge in [-0.25, -0.2) is 0 Å². The first-order valence-electron chi connectivity index (χ1n) is 6.12. The van der Waals surface area contributed by atoms with Crippen LogP contribution in [0.25, 0.3) is 0 Å². The summed E-state index contributed by atoms with van der Waals surface area (Å²) in [4.78, 5) is 2.43. The Labute approximate surface area is 115 Å². The minimum atomic E-state index is 0.524. The highest BCUT2D eigenvalue weighted by atomic mass is 79.9. The van der Waals surface area contributed by atoms with E-state index >= 15 is 0 Å². The van der Waals surface area contributed by atoms with Crippen LogP contribution in [0, 0.1) is 6.92 Å². The average molecular weight is 310 g/mol. The Balaban J connectivity index is 1.45. The second kappa shape index (κ2) is 4.85. The second-order valence-electron chi connectivity index (χ2n) is 4.83. The molecule has 0 radical (unpaired) electrons. The molecule has 2 aromatic heterocycles. The maximum Gasteiger partial charge on any atom is 0.0773 e. The van der Waals surface area contributed by atoms with Gasteiger partial charge in [-0.15, -0.1) is 0 Å². The molecular formula is C12H16BrN5. The Morgan fingerprint density at radius 1 is 1.22 bits per heavy atom. The van der Waals surface area contributed by atoms with Gasteiger partial charge in [-0.1, -0.05) is 0 Å². The summed E-state index contributed by atoms with van der Waals surface area (Å²) in [5, 5.41) is 8.61. The van der Waals surface area contributed by atoms with Crippen molar-refractivity contribution in [2.45, 2.75) is 19.5 Å². The smallest absolute Gasteiger partial charge is 0.0773 e. The summed E-state index contributed by atoms with van der Waals surface area (Å²) in [6, 6.07) is 0.524. The Morgan fingerprint density at radius 3 is 2.67 bits per heavy atom. The third-order valence-electron chi connectivity index (χ3n) is 3.29. The van der Waals surface area contributed by atoms with Crippen LogP contribution in [-0.2, 0) is 6.54 Å². The molecule has 3 heterocycles. The van der Waals surface area contributed by atoms with Gasteiger partial charge in [-0.2, -0.15) is 10.2 Å². The van der Waals surface area contributed by atoms with Crippen molar-refractivity contribution in [2.75, 3.05) is 19.6 Å². The summed E-state index contributed by atoms with van der Waals surface area (Å²) < 4.78 is 5.10. The lowest BCUT2D eigenvalue weighted by Crippen LogP contribution is -2.48. The molecule has 96 valence electrons. The first-order chi connectivity index (χ1) is 8.70. The van der Waals surface area contributed by atoms with Crippen LogP contribution in [0.5, 0.6) is 0 Å². The number of aryl methyl sites for hydroxylation is 1. The van der Waals surface area contributed by atoms with E-state index in [4.69, 9.17) is 0 Å². The third-order valence-corrected chi connectivity index (χ3v) is 3.70. The lowest BCUT2D eigenvalue weighted by Gasteiger charge is -2.39. The van der Waals surface area contributed by atoms with Gasteiger partial charge in [-0.05, 0) is 28.4 Å². The van der Waals surface area contributed by atoms with Crippen molar-refractivity contribution in [1.29, 1.82) is 0 Å². The van der Waals surface area contributed by atoms with E-state index in [1.807, 2.05) is 28.0 Å². The minimum Gasteiger partial charge on any atom is -0.297 e. The Morgan fingerprint density at radius 2 is 2.06 bits per heavy atom. The van der Waals surface area contributed by atoms with Gasteiger partial charge in [0.05, 0.1) is 29.5 Å². The van der Waals surface area contributed by atoms with E-state index in [1.165, 1.54) is 5.56 Å². The molecule has 0 spiro atoms. The van der Waals surface area contributed by atoms with E-state index < -0.39 is 0 Å². The zero-order valence-corrected chi connectivity index (χ0v) is 11.9. The number of hydrogen-bond donors (Lipinski definition) is 0. The van der Waals surface area contributed by atoms with Crippen LogP contribution in [0.15, 0.2) is 29.3 Å². The van der Waals surface area contributed by atoms with Gasteiger partial charge in [-0.3, -0.25) is 14.3 Å². The standard InChI is InChI=1S/C12H16BrN5/c1-10-4-14-17(6-10)3-2-16-8-12(9-16)18-7-11(13)5-15-18/h4-7,12H,2-3,8-9H2,1H3. The maximum atomic E-state index is 4.32. The van der Waals surface area contributed by atoms with Gasteiger partial charge in [0, 0.05) is 32.0 Å².